The highest BCUT2D eigenvalue weighted by Crippen LogP contribution is 2.30. The van der Waals surface area contributed by atoms with E-state index in [2.05, 4.69) is 0 Å². The molecule has 0 radical (unpaired) electrons. The first kappa shape index (κ1) is 22.2. The predicted molar refractivity (Wildman–Crippen MR) is 100 cm³/mol. The van der Waals surface area contributed by atoms with Crippen LogP contribution in [0.15, 0.2) is 24.3 Å². The molecule has 0 aliphatic carbocycles. The lowest BCUT2D eigenvalue weighted by molar-refractivity contribution is -0.137. The fourth-order valence-corrected chi connectivity index (χ4v) is 3.25. The zero-order valence-corrected chi connectivity index (χ0v) is 16.5. The van der Waals surface area contributed by atoms with Gasteiger partial charge < -0.3 is 15.5 Å². The van der Waals surface area contributed by atoms with E-state index >= 15 is 0 Å². The number of benzene rings is 1. The van der Waals surface area contributed by atoms with Crippen molar-refractivity contribution < 1.29 is 22.8 Å². The molecule has 2 amide bonds. The van der Waals surface area contributed by atoms with Crippen molar-refractivity contribution in [3.8, 4) is 0 Å². The van der Waals surface area contributed by atoms with Gasteiger partial charge in [-0.15, -0.1) is 0 Å². The Morgan fingerprint density at radius 1 is 1.36 bits per heavy atom. The summed E-state index contributed by atoms with van der Waals surface area (Å²) in [6.45, 7) is 4.83. The van der Waals surface area contributed by atoms with E-state index < -0.39 is 17.7 Å². The summed E-state index contributed by atoms with van der Waals surface area (Å²) in [5.74, 6) is -0.503. The first-order valence-corrected chi connectivity index (χ1v) is 9.43. The summed E-state index contributed by atoms with van der Waals surface area (Å²) in [6.07, 6.45) is -3.67. The minimum Gasteiger partial charge on any atom is -0.345 e. The van der Waals surface area contributed by atoms with Gasteiger partial charge in [0, 0.05) is 39.1 Å². The Labute approximate surface area is 163 Å². The number of hydrogen-bond acceptors (Lipinski definition) is 3. The molecule has 2 atom stereocenters. The number of nitrogens with two attached hydrogens (primary N) is 1. The molecule has 2 rings (SSSR count). The van der Waals surface area contributed by atoms with Gasteiger partial charge in [-0.1, -0.05) is 26.0 Å². The van der Waals surface area contributed by atoms with Crippen LogP contribution in [0, 0.1) is 11.8 Å². The van der Waals surface area contributed by atoms with Gasteiger partial charge in [0.05, 0.1) is 11.5 Å². The summed E-state index contributed by atoms with van der Waals surface area (Å²) in [7, 11) is 1.69. The maximum atomic E-state index is 12.9. The summed E-state index contributed by atoms with van der Waals surface area (Å²) >= 11 is 0. The fraction of sp³-hybridized carbons (Fsp3) is 0.600. The molecule has 0 spiro atoms. The summed E-state index contributed by atoms with van der Waals surface area (Å²) in [6, 6.07) is 4.92. The highest BCUT2D eigenvalue weighted by molar-refractivity contribution is 5.89. The zero-order valence-electron chi connectivity index (χ0n) is 16.5. The van der Waals surface area contributed by atoms with Crippen LogP contribution in [0.2, 0.25) is 0 Å². The van der Waals surface area contributed by atoms with Crippen molar-refractivity contribution in [2.75, 3.05) is 20.1 Å². The third-order valence-electron chi connectivity index (χ3n) is 5.22. The van der Waals surface area contributed by atoms with Gasteiger partial charge in [0.25, 0.3) is 0 Å². The second-order valence-corrected chi connectivity index (χ2v) is 7.83. The minimum absolute atomic E-state index is 0.00197. The fourth-order valence-electron chi connectivity index (χ4n) is 3.25. The molecule has 1 aromatic rings. The lowest BCUT2D eigenvalue weighted by atomic mass is 10.0. The lowest BCUT2D eigenvalue weighted by Crippen LogP contribution is -2.38. The van der Waals surface area contributed by atoms with E-state index in [4.69, 9.17) is 5.73 Å². The van der Waals surface area contributed by atoms with Crippen molar-refractivity contribution in [1.29, 1.82) is 0 Å². The first-order valence-electron chi connectivity index (χ1n) is 9.43. The van der Waals surface area contributed by atoms with E-state index in [-0.39, 0.29) is 37.4 Å². The number of halogens is 3. The second-order valence-electron chi connectivity index (χ2n) is 7.83. The van der Waals surface area contributed by atoms with E-state index in [1.54, 1.807) is 18.0 Å². The Hall–Kier alpha value is -2.09. The number of carbonyl (C=O) groups is 2. The average molecular weight is 399 g/mol. The second kappa shape index (κ2) is 8.94. The Balaban J connectivity index is 1.95. The van der Waals surface area contributed by atoms with Gasteiger partial charge in [0.15, 0.2) is 0 Å². The van der Waals surface area contributed by atoms with Gasteiger partial charge in [-0.3, -0.25) is 9.59 Å². The molecule has 156 valence electrons. The molecule has 1 fully saturated rings. The number of nitrogens with zero attached hydrogens (tertiary/aromatic N) is 2. The summed E-state index contributed by atoms with van der Waals surface area (Å²) < 4.78 is 38.6. The molecule has 5 nitrogen and oxygen atoms in total. The van der Waals surface area contributed by atoms with Gasteiger partial charge >= 0.3 is 6.18 Å². The molecule has 8 heteroatoms. The smallest absolute Gasteiger partial charge is 0.345 e. The maximum Gasteiger partial charge on any atom is 0.416 e. The molecule has 0 bridgehead atoms. The molecule has 0 aromatic heterocycles. The van der Waals surface area contributed by atoms with Crippen molar-refractivity contribution >= 4 is 11.8 Å². The molecule has 1 heterocycles. The van der Waals surface area contributed by atoms with Crippen LogP contribution in [0.3, 0.4) is 0 Å². The molecule has 0 saturated carbocycles. The van der Waals surface area contributed by atoms with Crippen molar-refractivity contribution in [2.45, 2.75) is 45.5 Å². The molecular weight excluding hydrogens is 371 g/mol. The van der Waals surface area contributed by atoms with Crippen LogP contribution in [0.5, 0.6) is 0 Å². The molecule has 28 heavy (non-hydrogen) atoms. The normalized spacial score (nSPS) is 18.6. The van der Waals surface area contributed by atoms with Crippen molar-refractivity contribution in [3.63, 3.8) is 0 Å². The third-order valence-corrected chi connectivity index (χ3v) is 5.22. The van der Waals surface area contributed by atoms with Crippen LogP contribution in [0.25, 0.3) is 0 Å². The van der Waals surface area contributed by atoms with Crippen LogP contribution in [0.1, 0.15) is 37.8 Å². The molecule has 1 saturated heterocycles. The van der Waals surface area contributed by atoms with E-state index in [0.717, 1.165) is 12.1 Å². The molecule has 2 N–H and O–H groups in total. The topological polar surface area (TPSA) is 66.6 Å². The van der Waals surface area contributed by atoms with E-state index in [1.807, 2.05) is 13.8 Å². The number of likely N-dealkylation sites (tertiary alicyclic amines) is 1. The van der Waals surface area contributed by atoms with Crippen LogP contribution in [-0.4, -0.2) is 47.8 Å². The number of rotatable bonds is 7. The highest BCUT2D eigenvalue weighted by Gasteiger charge is 2.36. The molecule has 2 unspecified atom stereocenters. The lowest BCUT2D eigenvalue weighted by Gasteiger charge is -2.24. The average Bonchev–Trinajstić information content (AvgIpc) is 2.98. The molecular formula is C20H28F3N3O2. The number of amides is 2. The van der Waals surface area contributed by atoms with Crippen molar-refractivity contribution in [2.24, 2.45) is 17.6 Å². The molecule has 1 aromatic carbocycles. The van der Waals surface area contributed by atoms with E-state index in [1.165, 1.54) is 11.0 Å². The van der Waals surface area contributed by atoms with Crippen LogP contribution >= 0.6 is 0 Å². The Morgan fingerprint density at radius 3 is 2.64 bits per heavy atom. The first-order chi connectivity index (χ1) is 13.0. The van der Waals surface area contributed by atoms with Gasteiger partial charge in [-0.25, -0.2) is 0 Å². The van der Waals surface area contributed by atoms with E-state index in [9.17, 15) is 22.8 Å². The van der Waals surface area contributed by atoms with Crippen LogP contribution < -0.4 is 5.73 Å². The molecule has 1 aliphatic heterocycles. The number of hydrogen-bond donors (Lipinski definition) is 1. The largest absolute Gasteiger partial charge is 0.416 e. The maximum absolute atomic E-state index is 12.9. The Morgan fingerprint density at radius 2 is 2.04 bits per heavy atom. The minimum atomic E-state index is -4.43. The van der Waals surface area contributed by atoms with Gasteiger partial charge in [-0.2, -0.15) is 13.2 Å². The van der Waals surface area contributed by atoms with Gasteiger partial charge in [0.2, 0.25) is 11.8 Å². The molecule has 1 aliphatic rings. The Kier molecular flexibility index (Phi) is 7.09. The van der Waals surface area contributed by atoms with Crippen LogP contribution in [0.4, 0.5) is 13.2 Å². The monoisotopic (exact) mass is 399 g/mol. The van der Waals surface area contributed by atoms with Gasteiger partial charge in [-0.05, 0) is 30.0 Å². The van der Waals surface area contributed by atoms with E-state index in [0.29, 0.717) is 24.4 Å². The SMILES string of the molecule is CC(C)C(N)CCN(C)C(=O)C1CC(=O)N(Cc2cccc(C(F)(F)F)c2)C1. The van der Waals surface area contributed by atoms with Gasteiger partial charge in [0.1, 0.15) is 0 Å². The van der Waals surface area contributed by atoms with Crippen molar-refractivity contribution in [3.05, 3.63) is 35.4 Å². The predicted octanol–water partition coefficient (Wildman–Crippen LogP) is 2.89. The summed E-state index contributed by atoms with van der Waals surface area (Å²) in [4.78, 5) is 27.9. The third kappa shape index (κ3) is 5.70. The zero-order chi connectivity index (χ0) is 21.1. The number of carbonyl (C=O) groups excluding carboxylic acids is 2. The highest BCUT2D eigenvalue weighted by atomic mass is 19.4. The van der Waals surface area contributed by atoms with Crippen molar-refractivity contribution in [1.82, 2.24) is 9.80 Å². The summed E-state index contributed by atoms with van der Waals surface area (Å²) in [5.41, 5.74) is 5.66. The number of alkyl halides is 3. The quantitative estimate of drug-likeness (QED) is 0.767. The van der Waals surface area contributed by atoms with Crippen LogP contribution in [-0.2, 0) is 22.3 Å². The Bertz CT molecular complexity index is 706. The summed E-state index contributed by atoms with van der Waals surface area (Å²) in [5, 5.41) is 0. The standard InChI is InChI=1S/C20H28F3N3O2/c1-13(2)17(24)7-8-25(3)19(28)15-10-18(27)26(12-15)11-14-5-4-6-16(9-14)20(21,22)23/h4-6,9,13,15,17H,7-8,10-12,24H2,1-3H3.